The number of rotatable bonds is 8. The zero-order valence-corrected chi connectivity index (χ0v) is 12.0. The molecule has 0 saturated carbocycles. The Hall–Kier alpha value is -1.88. The summed E-state index contributed by atoms with van der Waals surface area (Å²) in [6.45, 7) is 5.62. The summed E-state index contributed by atoms with van der Waals surface area (Å²) in [6.07, 6.45) is 1.40. The van der Waals surface area contributed by atoms with Crippen molar-refractivity contribution in [2.45, 2.75) is 32.7 Å². The van der Waals surface area contributed by atoms with Gasteiger partial charge in [0.05, 0.1) is 6.61 Å². The number of ether oxygens (including phenoxy) is 1. The monoisotopic (exact) mass is 275 g/mol. The molecule has 0 saturated heterocycles. The van der Waals surface area contributed by atoms with Gasteiger partial charge in [0.15, 0.2) is 5.82 Å². The Balaban J connectivity index is 1.70. The van der Waals surface area contributed by atoms with E-state index < -0.39 is 0 Å². The highest BCUT2D eigenvalue weighted by atomic mass is 16.5. The number of hydrogen-bond acceptors (Lipinski definition) is 5. The van der Waals surface area contributed by atoms with Gasteiger partial charge in [-0.05, 0) is 12.1 Å². The Morgan fingerprint density at radius 1 is 1.20 bits per heavy atom. The molecule has 5 heteroatoms. The van der Waals surface area contributed by atoms with Crippen molar-refractivity contribution in [2.24, 2.45) is 0 Å². The van der Waals surface area contributed by atoms with Gasteiger partial charge in [-0.2, -0.15) is 4.98 Å². The van der Waals surface area contributed by atoms with Gasteiger partial charge in [0.25, 0.3) is 0 Å². The maximum Gasteiger partial charge on any atom is 0.227 e. The third-order valence-corrected chi connectivity index (χ3v) is 2.74. The van der Waals surface area contributed by atoms with Gasteiger partial charge in [-0.1, -0.05) is 37.2 Å². The van der Waals surface area contributed by atoms with Crippen molar-refractivity contribution in [1.82, 2.24) is 15.5 Å². The van der Waals surface area contributed by atoms with E-state index >= 15 is 0 Å². The number of nitrogens with one attached hydrogen (secondary N) is 1. The van der Waals surface area contributed by atoms with E-state index in [2.05, 4.69) is 29.3 Å². The van der Waals surface area contributed by atoms with E-state index in [1.54, 1.807) is 0 Å². The molecule has 0 aliphatic heterocycles. The number of para-hydroxylation sites is 1. The van der Waals surface area contributed by atoms with Crippen molar-refractivity contribution in [1.29, 1.82) is 0 Å². The minimum Gasteiger partial charge on any atom is -0.493 e. The van der Waals surface area contributed by atoms with Gasteiger partial charge in [0.1, 0.15) is 5.75 Å². The predicted octanol–water partition coefficient (Wildman–Crippen LogP) is 2.23. The third-order valence-electron chi connectivity index (χ3n) is 2.74. The molecule has 1 aromatic carbocycles. The van der Waals surface area contributed by atoms with Crippen LogP contribution in [0, 0.1) is 0 Å². The van der Waals surface area contributed by atoms with Crippen LogP contribution >= 0.6 is 0 Å². The number of nitrogens with zero attached hydrogens (tertiary/aromatic N) is 2. The quantitative estimate of drug-likeness (QED) is 0.800. The molecule has 20 heavy (non-hydrogen) atoms. The molecular formula is C15H21N3O2. The lowest BCUT2D eigenvalue weighted by Crippen LogP contribution is -2.25. The molecule has 108 valence electrons. The van der Waals surface area contributed by atoms with Crippen molar-refractivity contribution in [2.75, 3.05) is 13.2 Å². The fourth-order valence-electron chi connectivity index (χ4n) is 1.74. The highest BCUT2D eigenvalue weighted by Crippen LogP contribution is 2.08. The second kappa shape index (κ2) is 7.65. The summed E-state index contributed by atoms with van der Waals surface area (Å²) >= 11 is 0. The summed E-state index contributed by atoms with van der Waals surface area (Å²) in [6, 6.07) is 10.2. The van der Waals surface area contributed by atoms with Crippen molar-refractivity contribution in [3.63, 3.8) is 0 Å². The van der Waals surface area contributed by atoms with Crippen molar-refractivity contribution >= 4 is 0 Å². The van der Waals surface area contributed by atoms with Crippen molar-refractivity contribution in [3.8, 4) is 5.75 Å². The molecule has 0 unspecified atom stereocenters. The average Bonchev–Trinajstić information content (AvgIpc) is 2.87. The van der Waals surface area contributed by atoms with Gasteiger partial charge in [-0.15, -0.1) is 0 Å². The minimum atomic E-state index is 0.469. The van der Waals surface area contributed by atoms with E-state index in [0.717, 1.165) is 18.7 Å². The van der Waals surface area contributed by atoms with Crippen LogP contribution < -0.4 is 10.1 Å². The van der Waals surface area contributed by atoms with E-state index in [1.807, 2.05) is 30.3 Å². The van der Waals surface area contributed by atoms with Gasteiger partial charge in [-0.3, -0.25) is 0 Å². The topological polar surface area (TPSA) is 60.2 Å². The van der Waals surface area contributed by atoms with Gasteiger partial charge < -0.3 is 14.6 Å². The lowest BCUT2D eigenvalue weighted by molar-refractivity contribution is 0.313. The van der Waals surface area contributed by atoms with Gasteiger partial charge in [0, 0.05) is 25.4 Å². The zero-order valence-electron chi connectivity index (χ0n) is 12.0. The predicted molar refractivity (Wildman–Crippen MR) is 76.8 cm³/mol. The SMILES string of the molecule is CC(C)NCCc1nc(CCOc2ccccc2)no1. The summed E-state index contributed by atoms with van der Waals surface area (Å²) < 4.78 is 10.8. The largest absolute Gasteiger partial charge is 0.493 e. The van der Waals surface area contributed by atoms with Crippen LogP contribution in [0.2, 0.25) is 0 Å². The standard InChI is InChI=1S/C15H21N3O2/c1-12(2)16-10-8-15-17-14(18-20-15)9-11-19-13-6-4-3-5-7-13/h3-7,12,16H,8-11H2,1-2H3. The molecule has 0 aliphatic rings. The van der Waals surface area contributed by atoms with Crippen LogP contribution in [0.3, 0.4) is 0 Å². The first-order chi connectivity index (χ1) is 9.74. The fourth-order valence-corrected chi connectivity index (χ4v) is 1.74. The second-order valence-electron chi connectivity index (χ2n) is 4.87. The van der Waals surface area contributed by atoms with Crippen LogP contribution in [0.4, 0.5) is 0 Å². The highest BCUT2D eigenvalue weighted by Gasteiger charge is 2.06. The Bertz CT molecular complexity index is 497. The maximum atomic E-state index is 5.60. The van der Waals surface area contributed by atoms with E-state index in [4.69, 9.17) is 9.26 Å². The van der Waals surface area contributed by atoms with Crippen LogP contribution in [0.1, 0.15) is 25.6 Å². The maximum absolute atomic E-state index is 5.60. The highest BCUT2D eigenvalue weighted by molar-refractivity contribution is 5.20. The molecule has 1 N–H and O–H groups in total. The molecule has 0 amide bonds. The molecule has 0 spiro atoms. The van der Waals surface area contributed by atoms with Gasteiger partial charge in [-0.25, -0.2) is 0 Å². The van der Waals surface area contributed by atoms with Crippen LogP contribution in [0.5, 0.6) is 5.75 Å². The summed E-state index contributed by atoms with van der Waals surface area (Å²) in [5, 5.41) is 7.27. The molecule has 0 atom stereocenters. The van der Waals surface area contributed by atoms with Gasteiger partial charge in [0.2, 0.25) is 5.89 Å². The first-order valence-corrected chi connectivity index (χ1v) is 6.97. The molecule has 0 fully saturated rings. The normalized spacial score (nSPS) is 10.9. The van der Waals surface area contributed by atoms with Crippen LogP contribution in [-0.2, 0) is 12.8 Å². The lowest BCUT2D eigenvalue weighted by Gasteiger charge is -2.04. The Kier molecular flexibility index (Phi) is 5.55. The van der Waals surface area contributed by atoms with Crippen LogP contribution in [0.25, 0.3) is 0 Å². The van der Waals surface area contributed by atoms with Crippen molar-refractivity contribution in [3.05, 3.63) is 42.0 Å². The lowest BCUT2D eigenvalue weighted by atomic mass is 10.3. The molecule has 0 radical (unpaired) electrons. The Labute approximate surface area is 119 Å². The Morgan fingerprint density at radius 2 is 2.00 bits per heavy atom. The summed E-state index contributed by atoms with van der Waals surface area (Å²) in [4.78, 5) is 4.34. The summed E-state index contributed by atoms with van der Waals surface area (Å²) in [7, 11) is 0. The average molecular weight is 275 g/mol. The molecule has 1 aromatic heterocycles. The number of hydrogen-bond donors (Lipinski definition) is 1. The molecule has 2 aromatic rings. The third kappa shape index (κ3) is 5.01. The smallest absolute Gasteiger partial charge is 0.227 e. The van der Waals surface area contributed by atoms with Crippen LogP contribution in [-0.4, -0.2) is 29.3 Å². The first-order valence-electron chi connectivity index (χ1n) is 6.97. The molecule has 0 bridgehead atoms. The summed E-state index contributed by atoms with van der Waals surface area (Å²) in [5.41, 5.74) is 0. The van der Waals surface area contributed by atoms with E-state index in [0.29, 0.717) is 30.8 Å². The number of aromatic nitrogens is 2. The van der Waals surface area contributed by atoms with Gasteiger partial charge >= 0.3 is 0 Å². The fraction of sp³-hybridized carbons (Fsp3) is 0.467. The molecule has 2 rings (SSSR count). The zero-order chi connectivity index (χ0) is 14.2. The van der Waals surface area contributed by atoms with E-state index in [-0.39, 0.29) is 0 Å². The van der Waals surface area contributed by atoms with E-state index in [9.17, 15) is 0 Å². The molecular weight excluding hydrogens is 254 g/mol. The first kappa shape index (κ1) is 14.5. The molecule has 5 nitrogen and oxygen atoms in total. The van der Waals surface area contributed by atoms with Crippen LogP contribution in [0.15, 0.2) is 34.9 Å². The minimum absolute atomic E-state index is 0.469. The Morgan fingerprint density at radius 3 is 2.75 bits per heavy atom. The van der Waals surface area contributed by atoms with Crippen molar-refractivity contribution < 1.29 is 9.26 Å². The second-order valence-corrected chi connectivity index (χ2v) is 4.87. The number of benzene rings is 1. The molecule has 1 heterocycles. The van der Waals surface area contributed by atoms with E-state index in [1.165, 1.54) is 0 Å². The summed E-state index contributed by atoms with van der Waals surface area (Å²) in [5.74, 6) is 2.23. The molecule has 0 aliphatic carbocycles.